The second-order valence-electron chi connectivity index (χ2n) is 9.19. The van der Waals surface area contributed by atoms with E-state index in [2.05, 4.69) is 0 Å². The molecular formula is C28H21NO5. The van der Waals surface area contributed by atoms with E-state index in [-0.39, 0.29) is 11.1 Å². The van der Waals surface area contributed by atoms with Crippen LogP contribution in [0.25, 0.3) is 0 Å². The summed E-state index contributed by atoms with van der Waals surface area (Å²) in [6.07, 6.45) is -0.902. The fourth-order valence-corrected chi connectivity index (χ4v) is 5.75. The predicted octanol–water partition coefficient (Wildman–Crippen LogP) is 4.00. The van der Waals surface area contributed by atoms with Crippen LogP contribution in [0, 0.1) is 25.7 Å². The number of hydrogen-bond acceptors (Lipinski definition) is 5. The number of amides is 2. The van der Waals surface area contributed by atoms with Gasteiger partial charge in [0, 0.05) is 11.1 Å². The van der Waals surface area contributed by atoms with Gasteiger partial charge in [-0.25, -0.2) is 4.90 Å². The topological polar surface area (TPSA) is 80.8 Å². The van der Waals surface area contributed by atoms with Crippen molar-refractivity contribution in [3.05, 3.63) is 101 Å². The average Bonchev–Trinajstić information content (AvgIpc) is 3.40. The van der Waals surface area contributed by atoms with Gasteiger partial charge in [0.15, 0.2) is 0 Å². The molecule has 0 unspecified atom stereocenters. The van der Waals surface area contributed by atoms with E-state index < -0.39 is 46.9 Å². The van der Waals surface area contributed by atoms with Gasteiger partial charge in [-0.2, -0.15) is 0 Å². The zero-order chi connectivity index (χ0) is 23.8. The molecule has 3 atom stereocenters. The van der Waals surface area contributed by atoms with Crippen molar-refractivity contribution < 1.29 is 23.9 Å². The molecule has 2 aliphatic heterocycles. The zero-order valence-corrected chi connectivity index (χ0v) is 18.6. The van der Waals surface area contributed by atoms with Crippen LogP contribution in [-0.2, 0) is 14.3 Å². The third-order valence-corrected chi connectivity index (χ3v) is 7.24. The number of aryl methyl sites for hydroxylation is 2. The van der Waals surface area contributed by atoms with Gasteiger partial charge in [-0.3, -0.25) is 19.2 Å². The molecule has 3 aliphatic rings. The van der Waals surface area contributed by atoms with Crippen LogP contribution < -0.4 is 4.90 Å². The molecule has 168 valence electrons. The number of imide groups is 1. The van der Waals surface area contributed by atoms with Crippen molar-refractivity contribution in [2.24, 2.45) is 11.8 Å². The number of anilines is 1. The van der Waals surface area contributed by atoms with Gasteiger partial charge in [-0.1, -0.05) is 72.3 Å². The van der Waals surface area contributed by atoms with Gasteiger partial charge in [0.05, 0.1) is 23.6 Å². The molecule has 2 fully saturated rings. The Morgan fingerprint density at radius 3 is 2.00 bits per heavy atom. The first-order chi connectivity index (χ1) is 16.4. The maximum atomic E-state index is 13.9. The summed E-state index contributed by atoms with van der Waals surface area (Å²) in [6.45, 7) is 3.76. The van der Waals surface area contributed by atoms with Crippen molar-refractivity contribution in [3.63, 3.8) is 0 Å². The monoisotopic (exact) mass is 451 g/mol. The molecule has 1 spiro atoms. The summed E-state index contributed by atoms with van der Waals surface area (Å²) in [5.74, 6) is -4.36. The second-order valence-corrected chi connectivity index (χ2v) is 9.19. The Labute approximate surface area is 196 Å². The molecule has 2 amide bonds. The number of ether oxygens (including phenoxy) is 1. The Bertz CT molecular complexity index is 1370. The summed E-state index contributed by atoms with van der Waals surface area (Å²) < 4.78 is 6.28. The van der Waals surface area contributed by atoms with E-state index in [4.69, 9.17) is 4.74 Å². The second kappa shape index (κ2) is 7.05. The molecule has 3 aromatic rings. The molecule has 1 aliphatic carbocycles. The van der Waals surface area contributed by atoms with Gasteiger partial charge < -0.3 is 4.74 Å². The lowest BCUT2D eigenvalue weighted by Gasteiger charge is -2.27. The maximum absolute atomic E-state index is 13.9. The highest BCUT2D eigenvalue weighted by Gasteiger charge is 2.74. The lowest BCUT2D eigenvalue weighted by Crippen LogP contribution is -2.51. The van der Waals surface area contributed by atoms with Gasteiger partial charge in [-0.05, 0) is 31.0 Å². The first kappa shape index (κ1) is 20.7. The largest absolute Gasteiger partial charge is 0.349 e. The van der Waals surface area contributed by atoms with E-state index in [1.807, 2.05) is 32.0 Å². The molecule has 2 saturated heterocycles. The predicted molar refractivity (Wildman–Crippen MR) is 123 cm³/mol. The molecule has 6 nitrogen and oxygen atoms in total. The number of hydrogen-bond donors (Lipinski definition) is 0. The number of ketones is 2. The van der Waals surface area contributed by atoms with Crippen molar-refractivity contribution in [3.8, 4) is 0 Å². The van der Waals surface area contributed by atoms with Crippen LogP contribution in [0.3, 0.4) is 0 Å². The molecule has 0 bridgehead atoms. The number of nitrogens with zero attached hydrogens (tertiary/aromatic N) is 1. The van der Waals surface area contributed by atoms with Crippen molar-refractivity contribution in [2.75, 3.05) is 4.90 Å². The minimum absolute atomic E-state index is 0.227. The van der Waals surface area contributed by atoms with Crippen LogP contribution in [0.4, 0.5) is 5.69 Å². The zero-order valence-electron chi connectivity index (χ0n) is 18.6. The van der Waals surface area contributed by atoms with E-state index in [1.54, 1.807) is 54.6 Å². The van der Waals surface area contributed by atoms with Crippen molar-refractivity contribution >= 4 is 29.1 Å². The Morgan fingerprint density at radius 1 is 0.765 bits per heavy atom. The Hall–Kier alpha value is -3.90. The highest BCUT2D eigenvalue weighted by Crippen LogP contribution is 2.57. The number of fused-ring (bicyclic) bond motifs is 3. The van der Waals surface area contributed by atoms with Crippen molar-refractivity contribution in [2.45, 2.75) is 25.6 Å². The fourth-order valence-electron chi connectivity index (χ4n) is 5.75. The van der Waals surface area contributed by atoms with Crippen LogP contribution >= 0.6 is 0 Å². The average molecular weight is 451 g/mol. The quantitative estimate of drug-likeness (QED) is 0.435. The standard InChI is InChI=1S/C28H21NO5/c1-15-12-13-20(16(2)14-15)29-26(32)21-22(27(29)33)28(34-23(21)17-8-4-3-5-9-17)24(30)18-10-6-7-11-19(18)25(28)31/h3-14,21-23H,1-2H3/t21-,22-,23+/m0/s1. The van der Waals surface area contributed by atoms with E-state index in [0.717, 1.165) is 16.0 Å². The van der Waals surface area contributed by atoms with E-state index in [1.165, 1.54) is 0 Å². The third-order valence-electron chi connectivity index (χ3n) is 7.24. The Morgan fingerprint density at radius 2 is 1.38 bits per heavy atom. The molecule has 2 heterocycles. The van der Waals surface area contributed by atoms with Crippen LogP contribution in [0.15, 0.2) is 72.8 Å². The first-order valence-corrected chi connectivity index (χ1v) is 11.2. The normalized spacial score (nSPS) is 24.8. The number of rotatable bonds is 2. The highest BCUT2D eigenvalue weighted by molar-refractivity contribution is 6.37. The summed E-state index contributed by atoms with van der Waals surface area (Å²) in [5.41, 5.74) is 1.28. The molecule has 0 saturated carbocycles. The lowest BCUT2D eigenvalue weighted by atomic mass is 9.77. The minimum atomic E-state index is -2.05. The van der Waals surface area contributed by atoms with Crippen molar-refractivity contribution in [1.82, 2.24) is 0 Å². The van der Waals surface area contributed by atoms with Crippen LogP contribution in [0.2, 0.25) is 0 Å². The summed E-state index contributed by atoms with van der Waals surface area (Å²) in [4.78, 5) is 56.4. The molecule has 0 aromatic heterocycles. The number of carbonyl (C=O) groups is 4. The summed E-state index contributed by atoms with van der Waals surface area (Å²) in [6, 6.07) is 21.0. The number of carbonyl (C=O) groups excluding carboxylic acids is 4. The highest BCUT2D eigenvalue weighted by atomic mass is 16.5. The van der Waals surface area contributed by atoms with Gasteiger partial charge in [0.25, 0.3) is 0 Å². The van der Waals surface area contributed by atoms with Gasteiger partial charge in [0.1, 0.15) is 0 Å². The minimum Gasteiger partial charge on any atom is -0.349 e. The molecule has 3 aromatic carbocycles. The van der Waals surface area contributed by atoms with Crippen LogP contribution in [0.1, 0.15) is 43.5 Å². The first-order valence-electron chi connectivity index (χ1n) is 11.2. The summed E-state index contributed by atoms with van der Waals surface area (Å²) >= 11 is 0. The SMILES string of the molecule is Cc1ccc(N2C(=O)[C@@H]3[C@@H](c4ccccc4)OC4(C(=O)c5ccccc5C4=O)[C@@H]3C2=O)c(C)c1. The Kier molecular flexibility index (Phi) is 4.29. The summed E-state index contributed by atoms with van der Waals surface area (Å²) in [7, 11) is 0. The smallest absolute Gasteiger partial charge is 0.241 e. The Balaban J connectivity index is 1.56. The number of benzene rings is 3. The van der Waals surface area contributed by atoms with Crippen LogP contribution in [0.5, 0.6) is 0 Å². The number of Topliss-reactive ketones (excluding diaryl/α,β-unsaturated/α-hetero) is 2. The molecule has 34 heavy (non-hydrogen) atoms. The van der Waals surface area contributed by atoms with Gasteiger partial charge in [0.2, 0.25) is 29.0 Å². The molecule has 0 radical (unpaired) electrons. The van der Waals surface area contributed by atoms with E-state index in [0.29, 0.717) is 11.3 Å². The van der Waals surface area contributed by atoms with Crippen molar-refractivity contribution in [1.29, 1.82) is 0 Å². The van der Waals surface area contributed by atoms with E-state index >= 15 is 0 Å². The molecule has 0 N–H and O–H groups in total. The van der Waals surface area contributed by atoms with Gasteiger partial charge in [-0.15, -0.1) is 0 Å². The molecule has 6 rings (SSSR count). The maximum Gasteiger partial charge on any atom is 0.241 e. The fraction of sp³-hybridized carbons (Fsp3) is 0.214. The van der Waals surface area contributed by atoms with Crippen LogP contribution in [-0.4, -0.2) is 29.0 Å². The third kappa shape index (κ3) is 2.49. The molecular weight excluding hydrogens is 430 g/mol. The molecule has 6 heteroatoms. The van der Waals surface area contributed by atoms with E-state index in [9.17, 15) is 19.2 Å². The lowest BCUT2D eigenvalue weighted by molar-refractivity contribution is -0.127. The summed E-state index contributed by atoms with van der Waals surface area (Å²) in [5, 5.41) is 0. The van der Waals surface area contributed by atoms with Gasteiger partial charge >= 0.3 is 0 Å².